The first-order valence-corrected chi connectivity index (χ1v) is 6.80. The van der Waals surface area contributed by atoms with Crippen molar-refractivity contribution in [2.24, 2.45) is 0 Å². The standard InChI is InChI=1S/C16H11N5/c17-16-19-7-9-8-21-12-4-2-1-3-10(12)11-5-6-18-14(15(11)21)13(9)20-16/h1-7H,8H2,(H2,17,19,20). The summed E-state index contributed by atoms with van der Waals surface area (Å²) in [5, 5.41) is 2.45. The molecule has 0 spiro atoms. The van der Waals surface area contributed by atoms with Crippen LogP contribution in [0, 0.1) is 0 Å². The van der Waals surface area contributed by atoms with Crippen molar-refractivity contribution in [1.29, 1.82) is 0 Å². The molecule has 5 nitrogen and oxygen atoms in total. The molecule has 4 heterocycles. The monoisotopic (exact) mass is 273 g/mol. The Balaban J connectivity index is 2.03. The maximum atomic E-state index is 5.75. The quantitative estimate of drug-likeness (QED) is 0.471. The van der Waals surface area contributed by atoms with Gasteiger partial charge in [0.15, 0.2) is 0 Å². The van der Waals surface area contributed by atoms with Crippen molar-refractivity contribution >= 4 is 27.8 Å². The summed E-state index contributed by atoms with van der Waals surface area (Å²) in [5.74, 6) is 0.289. The summed E-state index contributed by atoms with van der Waals surface area (Å²) in [7, 11) is 0. The number of hydrogen-bond donors (Lipinski definition) is 1. The average Bonchev–Trinajstić information content (AvgIpc) is 2.84. The van der Waals surface area contributed by atoms with E-state index in [1.807, 2.05) is 6.20 Å². The zero-order chi connectivity index (χ0) is 14.0. The van der Waals surface area contributed by atoms with Gasteiger partial charge in [0.25, 0.3) is 0 Å². The number of aromatic nitrogens is 4. The smallest absolute Gasteiger partial charge is 0.220 e. The van der Waals surface area contributed by atoms with Crippen molar-refractivity contribution in [3.8, 4) is 11.4 Å². The Morgan fingerprint density at radius 1 is 1.00 bits per heavy atom. The molecule has 100 valence electrons. The van der Waals surface area contributed by atoms with Crippen LogP contribution in [0.15, 0.2) is 42.7 Å². The highest BCUT2D eigenvalue weighted by Gasteiger charge is 2.24. The van der Waals surface area contributed by atoms with Gasteiger partial charge in [-0.3, -0.25) is 4.98 Å². The van der Waals surface area contributed by atoms with Gasteiger partial charge in [-0.1, -0.05) is 18.2 Å². The lowest BCUT2D eigenvalue weighted by Gasteiger charge is -2.18. The Hall–Kier alpha value is -2.95. The molecule has 0 saturated heterocycles. The van der Waals surface area contributed by atoms with E-state index in [2.05, 4.69) is 49.9 Å². The molecule has 5 heteroatoms. The first-order chi connectivity index (χ1) is 10.3. The number of hydrogen-bond acceptors (Lipinski definition) is 4. The van der Waals surface area contributed by atoms with Gasteiger partial charge in [-0.25, -0.2) is 9.97 Å². The summed E-state index contributed by atoms with van der Waals surface area (Å²) in [6.45, 7) is 0.748. The first-order valence-electron chi connectivity index (χ1n) is 6.80. The molecule has 1 aromatic carbocycles. The molecule has 1 aliphatic heterocycles. The fraction of sp³-hybridized carbons (Fsp3) is 0.0625. The van der Waals surface area contributed by atoms with Gasteiger partial charge in [-0.05, 0) is 12.1 Å². The second kappa shape index (κ2) is 3.58. The van der Waals surface area contributed by atoms with Crippen LogP contribution < -0.4 is 5.73 Å². The van der Waals surface area contributed by atoms with E-state index in [4.69, 9.17) is 5.73 Å². The van der Waals surface area contributed by atoms with Crippen LogP contribution in [0.4, 0.5) is 5.95 Å². The Labute approximate surface area is 120 Å². The minimum absolute atomic E-state index is 0.289. The third-order valence-corrected chi connectivity index (χ3v) is 4.12. The van der Waals surface area contributed by atoms with E-state index in [1.54, 1.807) is 6.20 Å². The van der Waals surface area contributed by atoms with E-state index in [1.165, 1.54) is 16.3 Å². The van der Waals surface area contributed by atoms with Gasteiger partial charge >= 0.3 is 0 Å². The summed E-state index contributed by atoms with van der Waals surface area (Å²) in [6.07, 6.45) is 3.64. The van der Waals surface area contributed by atoms with Gasteiger partial charge < -0.3 is 10.3 Å². The van der Waals surface area contributed by atoms with Gasteiger partial charge in [0.05, 0.1) is 12.1 Å². The van der Waals surface area contributed by atoms with Crippen LogP contribution in [0.5, 0.6) is 0 Å². The lowest BCUT2D eigenvalue weighted by Crippen LogP contribution is -2.11. The largest absolute Gasteiger partial charge is 0.368 e. The SMILES string of the molecule is Nc1ncc2c(n1)-c1nccc3c4ccccc4n(c13)C2. The van der Waals surface area contributed by atoms with Crippen LogP contribution in [0.1, 0.15) is 5.56 Å². The Kier molecular flexibility index (Phi) is 1.84. The van der Waals surface area contributed by atoms with Gasteiger partial charge in [0.2, 0.25) is 5.95 Å². The zero-order valence-corrected chi connectivity index (χ0v) is 11.1. The number of pyridine rings is 1. The lowest BCUT2D eigenvalue weighted by molar-refractivity contribution is 0.839. The van der Waals surface area contributed by atoms with Crippen molar-refractivity contribution < 1.29 is 0 Å². The topological polar surface area (TPSA) is 69.6 Å². The maximum Gasteiger partial charge on any atom is 0.220 e. The predicted molar refractivity (Wildman–Crippen MR) is 81.8 cm³/mol. The highest BCUT2D eigenvalue weighted by Crippen LogP contribution is 2.38. The maximum absolute atomic E-state index is 5.75. The number of nitrogens with zero attached hydrogens (tertiary/aromatic N) is 4. The number of para-hydroxylation sites is 1. The second-order valence-corrected chi connectivity index (χ2v) is 5.26. The molecule has 0 bridgehead atoms. The fourth-order valence-corrected chi connectivity index (χ4v) is 3.25. The fourth-order valence-electron chi connectivity index (χ4n) is 3.25. The molecule has 0 saturated carbocycles. The molecular formula is C16H11N5. The van der Waals surface area contributed by atoms with Crippen LogP contribution >= 0.6 is 0 Å². The summed E-state index contributed by atoms with van der Waals surface area (Å²) in [5.41, 5.74) is 10.9. The number of fused-ring (bicyclic) bond motifs is 5. The van der Waals surface area contributed by atoms with Crippen LogP contribution in [0.25, 0.3) is 33.2 Å². The minimum Gasteiger partial charge on any atom is -0.368 e. The minimum atomic E-state index is 0.289. The summed E-state index contributed by atoms with van der Waals surface area (Å²) < 4.78 is 2.29. The second-order valence-electron chi connectivity index (χ2n) is 5.26. The normalized spacial score (nSPS) is 12.8. The van der Waals surface area contributed by atoms with Gasteiger partial charge in [0.1, 0.15) is 11.4 Å². The van der Waals surface area contributed by atoms with Crippen molar-refractivity contribution in [3.05, 3.63) is 48.3 Å². The molecule has 0 unspecified atom stereocenters. The van der Waals surface area contributed by atoms with Crippen LogP contribution in [0.3, 0.4) is 0 Å². The molecule has 5 rings (SSSR count). The van der Waals surface area contributed by atoms with Gasteiger partial charge in [-0.15, -0.1) is 0 Å². The first kappa shape index (κ1) is 10.8. The van der Waals surface area contributed by atoms with E-state index in [0.29, 0.717) is 0 Å². The van der Waals surface area contributed by atoms with E-state index in [0.717, 1.165) is 29.0 Å². The van der Waals surface area contributed by atoms with E-state index in [9.17, 15) is 0 Å². The highest BCUT2D eigenvalue weighted by molar-refractivity contribution is 6.12. The third-order valence-electron chi connectivity index (χ3n) is 4.12. The molecule has 0 radical (unpaired) electrons. The molecule has 3 aromatic heterocycles. The number of benzene rings is 1. The molecule has 4 aromatic rings. The Morgan fingerprint density at radius 3 is 2.86 bits per heavy atom. The van der Waals surface area contributed by atoms with Gasteiger partial charge in [-0.2, -0.15) is 0 Å². The molecule has 0 atom stereocenters. The molecule has 0 fully saturated rings. The Bertz CT molecular complexity index is 1030. The Morgan fingerprint density at radius 2 is 1.90 bits per heavy atom. The molecule has 0 aliphatic carbocycles. The third kappa shape index (κ3) is 1.27. The van der Waals surface area contributed by atoms with E-state index in [-0.39, 0.29) is 5.95 Å². The van der Waals surface area contributed by atoms with Crippen molar-refractivity contribution in [3.63, 3.8) is 0 Å². The van der Waals surface area contributed by atoms with Crippen LogP contribution in [-0.2, 0) is 6.54 Å². The lowest BCUT2D eigenvalue weighted by atomic mass is 10.1. The number of rotatable bonds is 0. The molecule has 1 aliphatic rings. The summed E-state index contributed by atoms with van der Waals surface area (Å²) in [6, 6.07) is 10.5. The van der Waals surface area contributed by atoms with E-state index >= 15 is 0 Å². The molecule has 0 amide bonds. The number of anilines is 1. The van der Waals surface area contributed by atoms with Crippen molar-refractivity contribution in [1.82, 2.24) is 19.5 Å². The molecule has 2 N–H and O–H groups in total. The molecule has 21 heavy (non-hydrogen) atoms. The van der Waals surface area contributed by atoms with Crippen LogP contribution in [-0.4, -0.2) is 19.5 Å². The van der Waals surface area contributed by atoms with Crippen LogP contribution in [0.2, 0.25) is 0 Å². The summed E-state index contributed by atoms with van der Waals surface area (Å²) in [4.78, 5) is 13.1. The predicted octanol–water partition coefficient (Wildman–Crippen LogP) is 2.59. The number of nitrogens with two attached hydrogens (primary N) is 1. The highest BCUT2D eigenvalue weighted by atomic mass is 15.1. The van der Waals surface area contributed by atoms with Crippen molar-refractivity contribution in [2.45, 2.75) is 6.54 Å². The van der Waals surface area contributed by atoms with E-state index < -0.39 is 0 Å². The zero-order valence-electron chi connectivity index (χ0n) is 11.1. The number of nitrogen functional groups attached to an aromatic ring is 1. The van der Waals surface area contributed by atoms with Crippen molar-refractivity contribution in [2.75, 3.05) is 5.73 Å². The molecular weight excluding hydrogens is 262 g/mol. The average molecular weight is 273 g/mol. The van der Waals surface area contributed by atoms with Gasteiger partial charge in [0, 0.05) is 34.2 Å². The summed E-state index contributed by atoms with van der Waals surface area (Å²) >= 11 is 0.